The molecule has 6 nitrogen and oxygen atoms in total. The molecular formula is C18H22N2O4. The summed E-state index contributed by atoms with van der Waals surface area (Å²) in [7, 11) is 0. The first kappa shape index (κ1) is 17.7. The molecule has 6 heteroatoms. The highest BCUT2D eigenvalue weighted by atomic mass is 16.3. The van der Waals surface area contributed by atoms with Crippen molar-refractivity contribution in [3.05, 3.63) is 60.1 Å². The van der Waals surface area contributed by atoms with Gasteiger partial charge in [0.1, 0.15) is 5.76 Å². The predicted molar refractivity (Wildman–Crippen MR) is 89.0 cm³/mol. The summed E-state index contributed by atoms with van der Waals surface area (Å²) in [6.45, 7) is 3.31. The molecule has 2 aromatic rings. The van der Waals surface area contributed by atoms with Gasteiger partial charge in [-0.15, -0.1) is 0 Å². The van der Waals surface area contributed by atoms with Crippen LogP contribution in [0.4, 0.5) is 0 Å². The Hall–Kier alpha value is -2.60. The minimum absolute atomic E-state index is 0.0559. The summed E-state index contributed by atoms with van der Waals surface area (Å²) in [6.07, 6.45) is 1.75. The van der Waals surface area contributed by atoms with Crippen molar-refractivity contribution in [3.63, 3.8) is 0 Å². The van der Waals surface area contributed by atoms with Gasteiger partial charge in [0.05, 0.1) is 17.9 Å². The first-order valence-corrected chi connectivity index (χ1v) is 7.76. The normalized spacial score (nSPS) is 14.5. The van der Waals surface area contributed by atoms with Crippen molar-refractivity contribution in [2.24, 2.45) is 0 Å². The Morgan fingerprint density at radius 3 is 2.50 bits per heavy atom. The molecule has 0 aliphatic carbocycles. The van der Waals surface area contributed by atoms with Gasteiger partial charge in [-0.3, -0.25) is 9.59 Å². The van der Waals surface area contributed by atoms with Crippen LogP contribution in [0.1, 0.15) is 31.2 Å². The molecule has 1 aromatic carbocycles. The highest BCUT2D eigenvalue weighted by molar-refractivity contribution is 6.35. The van der Waals surface area contributed by atoms with Gasteiger partial charge in [-0.1, -0.05) is 30.3 Å². The largest absolute Gasteiger partial charge is 0.469 e. The molecule has 24 heavy (non-hydrogen) atoms. The molecule has 0 fully saturated rings. The molecule has 0 saturated carbocycles. The fourth-order valence-electron chi connectivity index (χ4n) is 2.29. The van der Waals surface area contributed by atoms with E-state index in [4.69, 9.17) is 4.42 Å². The van der Waals surface area contributed by atoms with Gasteiger partial charge >= 0.3 is 11.8 Å². The second-order valence-electron chi connectivity index (χ2n) is 6.04. The average molecular weight is 330 g/mol. The van der Waals surface area contributed by atoms with Crippen molar-refractivity contribution >= 4 is 11.8 Å². The summed E-state index contributed by atoms with van der Waals surface area (Å²) in [4.78, 5) is 23.8. The van der Waals surface area contributed by atoms with Gasteiger partial charge in [-0.25, -0.2) is 0 Å². The SMILES string of the molecule is C[C@H](NC(=O)C(=O)NC[C@](C)(O)Cc1ccco1)c1ccccc1. The minimum atomic E-state index is -1.21. The van der Waals surface area contributed by atoms with E-state index in [2.05, 4.69) is 10.6 Å². The minimum Gasteiger partial charge on any atom is -0.469 e. The average Bonchev–Trinajstić information content (AvgIpc) is 3.05. The molecule has 0 bridgehead atoms. The lowest BCUT2D eigenvalue weighted by Gasteiger charge is -2.22. The predicted octanol–water partition coefficient (Wildman–Crippen LogP) is 1.57. The Balaban J connectivity index is 1.82. The molecule has 1 aromatic heterocycles. The number of furan rings is 1. The molecule has 0 unspecified atom stereocenters. The lowest BCUT2D eigenvalue weighted by molar-refractivity contribution is -0.140. The van der Waals surface area contributed by atoms with Gasteiger partial charge in [0.25, 0.3) is 0 Å². The van der Waals surface area contributed by atoms with E-state index in [-0.39, 0.29) is 19.0 Å². The van der Waals surface area contributed by atoms with E-state index >= 15 is 0 Å². The van der Waals surface area contributed by atoms with Gasteiger partial charge in [-0.05, 0) is 31.5 Å². The molecule has 3 N–H and O–H groups in total. The quantitative estimate of drug-likeness (QED) is 0.701. The van der Waals surface area contributed by atoms with Crippen LogP contribution in [0, 0.1) is 0 Å². The standard InChI is InChI=1S/C18H22N2O4/c1-13(14-7-4-3-5-8-14)20-17(22)16(21)19-12-18(2,23)11-15-9-6-10-24-15/h3-10,13,23H,11-12H2,1-2H3,(H,19,21)(H,20,22)/t13-,18+/m0/s1. The number of rotatable bonds is 6. The molecule has 0 radical (unpaired) electrons. The number of hydrogen-bond acceptors (Lipinski definition) is 4. The van der Waals surface area contributed by atoms with Crippen LogP contribution in [-0.2, 0) is 16.0 Å². The number of carbonyl (C=O) groups excluding carboxylic acids is 2. The van der Waals surface area contributed by atoms with Crippen molar-refractivity contribution < 1.29 is 19.1 Å². The molecule has 0 spiro atoms. The van der Waals surface area contributed by atoms with Gasteiger partial charge in [-0.2, -0.15) is 0 Å². The zero-order chi connectivity index (χ0) is 17.6. The number of nitrogens with one attached hydrogen (secondary N) is 2. The third-order valence-corrected chi connectivity index (χ3v) is 3.62. The molecule has 0 aliphatic rings. The summed E-state index contributed by atoms with van der Waals surface area (Å²) >= 11 is 0. The zero-order valence-corrected chi connectivity index (χ0v) is 13.8. The fourth-order valence-corrected chi connectivity index (χ4v) is 2.29. The lowest BCUT2D eigenvalue weighted by atomic mass is 10.0. The Kier molecular flexibility index (Phi) is 5.76. The van der Waals surface area contributed by atoms with Crippen LogP contribution < -0.4 is 10.6 Å². The summed E-state index contributed by atoms with van der Waals surface area (Å²) < 4.78 is 5.17. The van der Waals surface area contributed by atoms with Crippen molar-refractivity contribution in [3.8, 4) is 0 Å². The van der Waals surface area contributed by atoms with E-state index in [1.807, 2.05) is 30.3 Å². The maximum absolute atomic E-state index is 11.9. The maximum Gasteiger partial charge on any atom is 0.309 e. The van der Waals surface area contributed by atoms with E-state index in [9.17, 15) is 14.7 Å². The summed E-state index contributed by atoms with van der Waals surface area (Å²) in [5.74, 6) is -0.908. The highest BCUT2D eigenvalue weighted by Gasteiger charge is 2.25. The number of amides is 2. The second kappa shape index (κ2) is 7.79. The summed E-state index contributed by atoms with van der Waals surface area (Å²) in [6, 6.07) is 12.5. The molecule has 0 saturated heterocycles. The van der Waals surface area contributed by atoms with Crippen LogP contribution in [-0.4, -0.2) is 29.1 Å². The van der Waals surface area contributed by atoms with Crippen molar-refractivity contribution in [2.45, 2.75) is 31.9 Å². The number of carbonyl (C=O) groups is 2. The molecule has 2 amide bonds. The highest BCUT2D eigenvalue weighted by Crippen LogP contribution is 2.13. The van der Waals surface area contributed by atoms with Crippen molar-refractivity contribution in [1.82, 2.24) is 10.6 Å². The Bertz CT molecular complexity index is 666. The smallest absolute Gasteiger partial charge is 0.309 e. The van der Waals surface area contributed by atoms with Crippen LogP contribution >= 0.6 is 0 Å². The number of hydrogen-bond donors (Lipinski definition) is 3. The maximum atomic E-state index is 11.9. The summed E-state index contributed by atoms with van der Waals surface area (Å²) in [5, 5.41) is 15.3. The van der Waals surface area contributed by atoms with Crippen LogP contribution in [0.25, 0.3) is 0 Å². The van der Waals surface area contributed by atoms with Crippen LogP contribution in [0.15, 0.2) is 53.1 Å². The Morgan fingerprint density at radius 1 is 1.17 bits per heavy atom. The molecule has 0 aliphatic heterocycles. The lowest BCUT2D eigenvalue weighted by Crippen LogP contribution is -2.47. The Morgan fingerprint density at radius 2 is 1.88 bits per heavy atom. The van der Waals surface area contributed by atoms with Crippen LogP contribution in [0.5, 0.6) is 0 Å². The van der Waals surface area contributed by atoms with E-state index in [1.54, 1.807) is 26.0 Å². The molecule has 2 atom stereocenters. The number of benzene rings is 1. The van der Waals surface area contributed by atoms with E-state index in [0.29, 0.717) is 5.76 Å². The van der Waals surface area contributed by atoms with E-state index < -0.39 is 17.4 Å². The van der Waals surface area contributed by atoms with Crippen LogP contribution in [0.3, 0.4) is 0 Å². The molecular weight excluding hydrogens is 308 g/mol. The topological polar surface area (TPSA) is 91.6 Å². The summed E-state index contributed by atoms with van der Waals surface area (Å²) in [5.41, 5.74) is -0.303. The molecule has 2 rings (SSSR count). The van der Waals surface area contributed by atoms with Gasteiger partial charge in [0, 0.05) is 13.0 Å². The molecule has 1 heterocycles. The third kappa shape index (κ3) is 5.24. The molecule has 128 valence electrons. The number of aliphatic hydroxyl groups is 1. The van der Waals surface area contributed by atoms with Gasteiger partial charge in [0.2, 0.25) is 0 Å². The third-order valence-electron chi connectivity index (χ3n) is 3.62. The first-order chi connectivity index (χ1) is 11.4. The van der Waals surface area contributed by atoms with E-state index in [1.165, 1.54) is 6.26 Å². The van der Waals surface area contributed by atoms with E-state index in [0.717, 1.165) is 5.56 Å². The first-order valence-electron chi connectivity index (χ1n) is 7.76. The van der Waals surface area contributed by atoms with Crippen molar-refractivity contribution in [2.75, 3.05) is 6.54 Å². The second-order valence-corrected chi connectivity index (χ2v) is 6.04. The Labute approximate surface area is 140 Å². The fraction of sp³-hybridized carbons (Fsp3) is 0.333. The van der Waals surface area contributed by atoms with Crippen LogP contribution in [0.2, 0.25) is 0 Å². The van der Waals surface area contributed by atoms with Gasteiger partial charge in [0.15, 0.2) is 0 Å². The monoisotopic (exact) mass is 330 g/mol. The van der Waals surface area contributed by atoms with Crippen molar-refractivity contribution in [1.29, 1.82) is 0 Å². The van der Waals surface area contributed by atoms with Gasteiger partial charge < -0.3 is 20.2 Å². The zero-order valence-electron chi connectivity index (χ0n) is 13.8.